The van der Waals surface area contributed by atoms with Gasteiger partial charge in [0, 0.05) is 11.0 Å². The van der Waals surface area contributed by atoms with Crippen LogP contribution in [0.4, 0.5) is 0 Å². The number of imidazole rings is 1. The molecular formula is C16H20BrClN2. The molecule has 1 fully saturated rings. The smallest absolute Gasteiger partial charge is 0.127 e. The molecule has 0 bridgehead atoms. The van der Waals surface area contributed by atoms with E-state index in [9.17, 15) is 0 Å². The van der Waals surface area contributed by atoms with Crippen molar-refractivity contribution in [1.82, 2.24) is 9.55 Å². The third kappa shape index (κ3) is 2.39. The van der Waals surface area contributed by atoms with Crippen LogP contribution in [0.1, 0.15) is 44.8 Å². The zero-order valence-electron chi connectivity index (χ0n) is 12.2. The van der Waals surface area contributed by atoms with Crippen molar-refractivity contribution in [1.29, 1.82) is 0 Å². The summed E-state index contributed by atoms with van der Waals surface area (Å²) < 4.78 is 3.43. The first-order chi connectivity index (χ1) is 9.43. The van der Waals surface area contributed by atoms with Gasteiger partial charge in [-0.1, -0.05) is 29.8 Å². The van der Waals surface area contributed by atoms with Gasteiger partial charge >= 0.3 is 0 Å². The molecule has 108 valence electrons. The van der Waals surface area contributed by atoms with Gasteiger partial charge < -0.3 is 4.57 Å². The number of nitrogens with zero attached hydrogens (tertiary/aromatic N) is 2. The molecule has 0 radical (unpaired) electrons. The maximum Gasteiger partial charge on any atom is 0.127 e. The summed E-state index contributed by atoms with van der Waals surface area (Å²) in [6.45, 7) is 7.69. The SMILES string of the molecule is CC(Cl)c1nc2ccc(Br)cc2n1CC1(C(C)C)CC1. The molecule has 0 saturated heterocycles. The van der Waals surface area contributed by atoms with Gasteiger partial charge in [-0.3, -0.25) is 0 Å². The number of hydrogen-bond acceptors (Lipinski definition) is 1. The van der Waals surface area contributed by atoms with E-state index in [2.05, 4.69) is 46.5 Å². The van der Waals surface area contributed by atoms with Crippen molar-refractivity contribution in [2.45, 2.75) is 45.5 Å². The Morgan fingerprint density at radius 1 is 1.35 bits per heavy atom. The van der Waals surface area contributed by atoms with Crippen molar-refractivity contribution in [3.05, 3.63) is 28.5 Å². The van der Waals surface area contributed by atoms with Crippen LogP contribution in [0.5, 0.6) is 0 Å². The lowest BCUT2D eigenvalue weighted by Crippen LogP contribution is -2.19. The van der Waals surface area contributed by atoms with Crippen LogP contribution in [-0.4, -0.2) is 9.55 Å². The first-order valence-corrected chi connectivity index (χ1v) is 8.46. The highest BCUT2D eigenvalue weighted by molar-refractivity contribution is 9.10. The van der Waals surface area contributed by atoms with Crippen molar-refractivity contribution >= 4 is 38.6 Å². The van der Waals surface area contributed by atoms with E-state index in [0.717, 1.165) is 22.4 Å². The minimum absolute atomic E-state index is 0.0656. The molecule has 4 heteroatoms. The van der Waals surface area contributed by atoms with Crippen molar-refractivity contribution in [2.24, 2.45) is 11.3 Å². The number of fused-ring (bicyclic) bond motifs is 1. The number of rotatable bonds is 4. The molecule has 1 saturated carbocycles. The van der Waals surface area contributed by atoms with Crippen LogP contribution in [0.3, 0.4) is 0 Å². The van der Waals surface area contributed by atoms with Crippen LogP contribution in [0, 0.1) is 11.3 Å². The Morgan fingerprint density at radius 2 is 2.05 bits per heavy atom. The van der Waals surface area contributed by atoms with Gasteiger partial charge in [-0.2, -0.15) is 0 Å². The van der Waals surface area contributed by atoms with Gasteiger partial charge in [-0.05, 0) is 49.3 Å². The second-order valence-electron chi connectivity index (χ2n) is 6.32. The van der Waals surface area contributed by atoms with E-state index in [1.54, 1.807) is 0 Å². The van der Waals surface area contributed by atoms with Crippen LogP contribution in [-0.2, 0) is 6.54 Å². The van der Waals surface area contributed by atoms with Gasteiger partial charge in [-0.25, -0.2) is 4.98 Å². The topological polar surface area (TPSA) is 17.8 Å². The molecule has 2 nitrogen and oxygen atoms in total. The van der Waals surface area contributed by atoms with Gasteiger partial charge in [0.1, 0.15) is 5.82 Å². The summed E-state index contributed by atoms with van der Waals surface area (Å²) in [4.78, 5) is 4.73. The maximum absolute atomic E-state index is 6.35. The Morgan fingerprint density at radius 3 is 2.60 bits per heavy atom. The van der Waals surface area contributed by atoms with Gasteiger partial charge in [-0.15, -0.1) is 11.6 Å². The average molecular weight is 356 g/mol. The maximum atomic E-state index is 6.35. The third-order valence-corrected chi connectivity index (χ3v) is 5.37. The standard InChI is InChI=1S/C16H20BrClN2/c1-10(2)16(6-7-16)9-20-14-8-12(17)4-5-13(14)19-15(20)11(3)18/h4-5,8,10-11H,6-7,9H2,1-3H3. The molecule has 1 aromatic heterocycles. The number of halogens is 2. The Balaban J connectivity index is 2.11. The lowest BCUT2D eigenvalue weighted by Gasteiger charge is -2.22. The van der Waals surface area contributed by atoms with E-state index in [0.29, 0.717) is 11.3 Å². The Hall–Kier alpha value is -0.540. The quantitative estimate of drug-likeness (QED) is 0.659. The van der Waals surface area contributed by atoms with Crippen molar-refractivity contribution in [3.63, 3.8) is 0 Å². The predicted octanol–water partition coefficient (Wildman–Crippen LogP) is 5.53. The van der Waals surface area contributed by atoms with Crippen LogP contribution in [0.2, 0.25) is 0 Å². The summed E-state index contributed by atoms with van der Waals surface area (Å²) >= 11 is 9.92. The zero-order chi connectivity index (χ0) is 14.5. The molecule has 1 unspecified atom stereocenters. The molecule has 3 rings (SSSR count). The Labute approximate surface area is 133 Å². The molecule has 1 aliphatic rings. The largest absolute Gasteiger partial charge is 0.326 e. The summed E-state index contributed by atoms with van der Waals surface area (Å²) in [5, 5.41) is -0.0656. The fourth-order valence-corrected chi connectivity index (χ4v) is 3.49. The molecule has 0 amide bonds. The van der Waals surface area contributed by atoms with E-state index in [-0.39, 0.29) is 5.38 Å². The van der Waals surface area contributed by atoms with Crippen LogP contribution in [0.25, 0.3) is 11.0 Å². The van der Waals surface area contributed by atoms with Gasteiger partial charge in [0.15, 0.2) is 0 Å². The normalized spacial score (nSPS) is 18.7. The summed E-state index contributed by atoms with van der Waals surface area (Å²) in [7, 11) is 0. The second-order valence-corrected chi connectivity index (χ2v) is 7.89. The molecule has 1 heterocycles. The van der Waals surface area contributed by atoms with Crippen LogP contribution < -0.4 is 0 Å². The highest BCUT2D eigenvalue weighted by Crippen LogP contribution is 2.53. The fraction of sp³-hybridized carbons (Fsp3) is 0.562. The number of benzene rings is 1. The Bertz CT molecular complexity index is 641. The highest BCUT2D eigenvalue weighted by atomic mass is 79.9. The summed E-state index contributed by atoms with van der Waals surface area (Å²) in [6, 6.07) is 6.26. The highest BCUT2D eigenvalue weighted by Gasteiger charge is 2.46. The molecule has 1 aliphatic carbocycles. The average Bonchev–Trinajstić information content (AvgIpc) is 3.08. The fourth-order valence-electron chi connectivity index (χ4n) is 2.98. The lowest BCUT2D eigenvalue weighted by molar-refractivity contribution is 0.308. The van der Waals surface area contributed by atoms with E-state index in [4.69, 9.17) is 16.6 Å². The zero-order valence-corrected chi connectivity index (χ0v) is 14.5. The molecule has 1 aromatic carbocycles. The minimum atomic E-state index is -0.0656. The molecule has 0 aliphatic heterocycles. The molecule has 2 aromatic rings. The third-order valence-electron chi connectivity index (χ3n) is 4.69. The molecule has 0 spiro atoms. The van der Waals surface area contributed by atoms with Crippen LogP contribution >= 0.6 is 27.5 Å². The van der Waals surface area contributed by atoms with E-state index in [1.807, 2.05) is 13.0 Å². The number of hydrogen-bond donors (Lipinski definition) is 0. The number of alkyl halides is 1. The summed E-state index contributed by atoms with van der Waals surface area (Å²) in [5.74, 6) is 1.69. The van der Waals surface area contributed by atoms with Crippen molar-refractivity contribution in [2.75, 3.05) is 0 Å². The summed E-state index contributed by atoms with van der Waals surface area (Å²) in [5.41, 5.74) is 2.67. The van der Waals surface area contributed by atoms with E-state index < -0.39 is 0 Å². The Kier molecular flexibility index (Phi) is 3.62. The molecule has 20 heavy (non-hydrogen) atoms. The van der Waals surface area contributed by atoms with Crippen molar-refractivity contribution < 1.29 is 0 Å². The van der Waals surface area contributed by atoms with E-state index in [1.165, 1.54) is 18.4 Å². The predicted molar refractivity (Wildman–Crippen MR) is 88.2 cm³/mol. The van der Waals surface area contributed by atoms with Gasteiger partial charge in [0.25, 0.3) is 0 Å². The van der Waals surface area contributed by atoms with Crippen molar-refractivity contribution in [3.8, 4) is 0 Å². The second kappa shape index (κ2) is 5.03. The minimum Gasteiger partial charge on any atom is -0.326 e. The first-order valence-electron chi connectivity index (χ1n) is 7.23. The van der Waals surface area contributed by atoms with Gasteiger partial charge in [0.2, 0.25) is 0 Å². The molecule has 1 atom stereocenters. The first kappa shape index (κ1) is 14.4. The summed E-state index contributed by atoms with van der Waals surface area (Å²) in [6.07, 6.45) is 2.63. The van der Waals surface area contributed by atoms with Crippen LogP contribution in [0.15, 0.2) is 22.7 Å². The molecular weight excluding hydrogens is 336 g/mol. The number of aromatic nitrogens is 2. The van der Waals surface area contributed by atoms with E-state index >= 15 is 0 Å². The van der Waals surface area contributed by atoms with Gasteiger partial charge in [0.05, 0.1) is 16.4 Å². The molecule has 0 N–H and O–H groups in total. The monoisotopic (exact) mass is 354 g/mol. The lowest BCUT2D eigenvalue weighted by atomic mass is 9.92.